The van der Waals surface area contributed by atoms with Gasteiger partial charge in [-0.1, -0.05) is 12.1 Å². The Hall–Kier alpha value is -2.27. The van der Waals surface area contributed by atoms with Gasteiger partial charge in [-0.25, -0.2) is 4.79 Å². The number of hydrogen-bond acceptors (Lipinski definition) is 4. The number of ether oxygens (including phenoxy) is 1. The fraction of sp³-hybridized carbons (Fsp3) is 0.267. The highest BCUT2D eigenvalue weighted by atomic mass is 16.5. The largest absolute Gasteiger partial charge is 0.497 e. The number of carboxylic acid groups (broad SMARTS) is 1. The zero-order valence-electron chi connectivity index (χ0n) is 11.4. The lowest BCUT2D eigenvalue weighted by Crippen LogP contribution is -2.17. The van der Waals surface area contributed by atoms with Crippen LogP contribution in [0.1, 0.15) is 34.6 Å². The Bertz CT molecular complexity index is 574. The van der Waals surface area contributed by atoms with E-state index < -0.39 is 5.97 Å². The number of carboxylic acids is 1. The van der Waals surface area contributed by atoms with Crippen LogP contribution in [0.15, 0.2) is 41.0 Å². The second kappa shape index (κ2) is 6.25. The number of carbonyl (C=O) groups is 1. The van der Waals surface area contributed by atoms with Crippen LogP contribution in [-0.2, 0) is 6.54 Å². The number of furan rings is 1. The van der Waals surface area contributed by atoms with Crippen LogP contribution in [0.5, 0.6) is 5.75 Å². The van der Waals surface area contributed by atoms with Crippen molar-refractivity contribution in [2.75, 3.05) is 7.11 Å². The molecule has 2 N–H and O–H groups in total. The maximum Gasteiger partial charge on any atom is 0.338 e. The predicted molar refractivity (Wildman–Crippen MR) is 73.9 cm³/mol. The quantitative estimate of drug-likeness (QED) is 0.848. The monoisotopic (exact) mass is 275 g/mol. The van der Waals surface area contributed by atoms with E-state index in [0.717, 1.165) is 11.3 Å². The highest BCUT2D eigenvalue weighted by Crippen LogP contribution is 2.18. The molecule has 0 saturated carbocycles. The van der Waals surface area contributed by atoms with Gasteiger partial charge in [0.1, 0.15) is 17.8 Å². The van der Waals surface area contributed by atoms with Gasteiger partial charge < -0.3 is 19.6 Å². The van der Waals surface area contributed by atoms with Crippen LogP contribution in [0.2, 0.25) is 0 Å². The van der Waals surface area contributed by atoms with Crippen LogP contribution in [0.25, 0.3) is 0 Å². The molecule has 0 aliphatic carbocycles. The van der Waals surface area contributed by atoms with Gasteiger partial charge in [-0.05, 0) is 30.7 Å². The number of benzene rings is 1. The molecule has 0 aliphatic heterocycles. The van der Waals surface area contributed by atoms with Crippen molar-refractivity contribution < 1.29 is 19.1 Å². The van der Waals surface area contributed by atoms with E-state index in [0.29, 0.717) is 12.3 Å². The van der Waals surface area contributed by atoms with Gasteiger partial charge in [0.15, 0.2) is 0 Å². The number of methoxy groups -OCH3 is 1. The average molecular weight is 275 g/mol. The Balaban J connectivity index is 1.93. The first-order valence-electron chi connectivity index (χ1n) is 6.28. The summed E-state index contributed by atoms with van der Waals surface area (Å²) in [5, 5.41) is 12.1. The molecule has 0 saturated heterocycles. The average Bonchev–Trinajstić information content (AvgIpc) is 2.94. The van der Waals surface area contributed by atoms with E-state index in [9.17, 15) is 4.79 Å². The molecule has 5 heteroatoms. The third-order valence-corrected chi connectivity index (χ3v) is 3.10. The molecule has 20 heavy (non-hydrogen) atoms. The zero-order valence-corrected chi connectivity index (χ0v) is 11.4. The molecule has 0 spiro atoms. The highest BCUT2D eigenvalue weighted by Gasteiger charge is 2.10. The summed E-state index contributed by atoms with van der Waals surface area (Å²) in [6.45, 7) is 2.50. The van der Waals surface area contributed by atoms with Gasteiger partial charge in [0.05, 0.1) is 19.2 Å². The van der Waals surface area contributed by atoms with Crippen molar-refractivity contribution in [3.63, 3.8) is 0 Å². The minimum Gasteiger partial charge on any atom is -0.497 e. The summed E-state index contributed by atoms with van der Waals surface area (Å²) in [7, 11) is 1.63. The van der Waals surface area contributed by atoms with Crippen LogP contribution in [-0.4, -0.2) is 18.2 Å². The molecule has 5 nitrogen and oxygen atoms in total. The van der Waals surface area contributed by atoms with Gasteiger partial charge in [-0.15, -0.1) is 0 Å². The van der Waals surface area contributed by atoms with Crippen molar-refractivity contribution in [3.05, 3.63) is 53.5 Å². The molecule has 106 valence electrons. The molecule has 1 heterocycles. The normalized spacial score (nSPS) is 12.1. The summed E-state index contributed by atoms with van der Waals surface area (Å²) in [5.74, 6) is 0.434. The summed E-state index contributed by atoms with van der Waals surface area (Å²) in [5.41, 5.74) is 1.29. The minimum atomic E-state index is -0.983. The van der Waals surface area contributed by atoms with E-state index in [1.54, 1.807) is 7.11 Å². The second-order valence-corrected chi connectivity index (χ2v) is 4.48. The van der Waals surface area contributed by atoms with Gasteiger partial charge in [0.2, 0.25) is 0 Å². The second-order valence-electron chi connectivity index (χ2n) is 4.48. The summed E-state index contributed by atoms with van der Waals surface area (Å²) in [6.07, 6.45) is 1.25. The van der Waals surface area contributed by atoms with E-state index >= 15 is 0 Å². The van der Waals surface area contributed by atoms with Gasteiger partial charge in [0.25, 0.3) is 0 Å². The van der Waals surface area contributed by atoms with Crippen molar-refractivity contribution in [2.24, 2.45) is 0 Å². The lowest BCUT2D eigenvalue weighted by molar-refractivity contribution is 0.0696. The van der Waals surface area contributed by atoms with Crippen molar-refractivity contribution in [1.29, 1.82) is 0 Å². The summed E-state index contributed by atoms with van der Waals surface area (Å²) >= 11 is 0. The lowest BCUT2D eigenvalue weighted by atomic mass is 10.1. The molecule has 0 radical (unpaired) electrons. The highest BCUT2D eigenvalue weighted by molar-refractivity contribution is 5.87. The van der Waals surface area contributed by atoms with Crippen LogP contribution < -0.4 is 10.1 Å². The number of rotatable bonds is 6. The minimum absolute atomic E-state index is 0.124. The van der Waals surface area contributed by atoms with E-state index in [4.69, 9.17) is 14.3 Å². The number of nitrogens with one attached hydrogen (secondary N) is 1. The molecule has 1 atom stereocenters. The van der Waals surface area contributed by atoms with Crippen LogP contribution in [0, 0.1) is 0 Å². The Labute approximate surface area is 117 Å². The van der Waals surface area contributed by atoms with E-state index in [1.807, 2.05) is 31.2 Å². The van der Waals surface area contributed by atoms with E-state index in [2.05, 4.69) is 5.32 Å². The molecular formula is C15H17NO4. The van der Waals surface area contributed by atoms with Crippen LogP contribution in [0.3, 0.4) is 0 Å². The fourth-order valence-electron chi connectivity index (χ4n) is 1.85. The van der Waals surface area contributed by atoms with Crippen molar-refractivity contribution in [2.45, 2.75) is 19.5 Å². The van der Waals surface area contributed by atoms with E-state index in [1.165, 1.54) is 12.3 Å². The Morgan fingerprint density at radius 3 is 2.65 bits per heavy atom. The third kappa shape index (κ3) is 3.39. The third-order valence-electron chi connectivity index (χ3n) is 3.10. The molecule has 1 unspecified atom stereocenters. The van der Waals surface area contributed by atoms with Crippen molar-refractivity contribution in [3.8, 4) is 5.75 Å². The Kier molecular flexibility index (Phi) is 4.42. The molecule has 0 amide bonds. The number of hydrogen-bond donors (Lipinski definition) is 2. The first-order chi connectivity index (χ1) is 9.60. The topological polar surface area (TPSA) is 71.7 Å². The molecule has 0 aliphatic rings. The molecule has 0 fully saturated rings. The SMILES string of the molecule is COc1ccc(C(C)NCc2cc(C(=O)O)co2)cc1. The number of aromatic carboxylic acids is 1. The van der Waals surface area contributed by atoms with Gasteiger partial charge in [-0.2, -0.15) is 0 Å². The first kappa shape index (κ1) is 14.1. The molecule has 1 aromatic carbocycles. The van der Waals surface area contributed by atoms with Gasteiger partial charge >= 0.3 is 5.97 Å². The van der Waals surface area contributed by atoms with Gasteiger partial charge in [-0.3, -0.25) is 0 Å². The molecule has 2 aromatic rings. The maximum atomic E-state index is 10.7. The molecule has 0 bridgehead atoms. The summed E-state index contributed by atoms with van der Waals surface area (Å²) < 4.78 is 10.3. The van der Waals surface area contributed by atoms with Crippen LogP contribution >= 0.6 is 0 Å². The first-order valence-corrected chi connectivity index (χ1v) is 6.28. The Morgan fingerprint density at radius 2 is 2.10 bits per heavy atom. The van der Waals surface area contributed by atoms with Gasteiger partial charge in [0, 0.05) is 6.04 Å². The van der Waals surface area contributed by atoms with E-state index in [-0.39, 0.29) is 11.6 Å². The molecule has 2 rings (SSSR count). The molecule has 1 aromatic heterocycles. The maximum absolute atomic E-state index is 10.7. The predicted octanol–water partition coefficient (Wildman–Crippen LogP) is 2.84. The zero-order chi connectivity index (χ0) is 14.5. The lowest BCUT2D eigenvalue weighted by Gasteiger charge is -2.13. The van der Waals surface area contributed by atoms with Crippen molar-refractivity contribution in [1.82, 2.24) is 5.32 Å². The fourth-order valence-corrected chi connectivity index (χ4v) is 1.85. The van der Waals surface area contributed by atoms with Crippen molar-refractivity contribution >= 4 is 5.97 Å². The summed E-state index contributed by atoms with van der Waals surface area (Å²) in [4.78, 5) is 10.7. The smallest absolute Gasteiger partial charge is 0.338 e. The summed E-state index contributed by atoms with van der Waals surface area (Å²) in [6, 6.07) is 9.43. The van der Waals surface area contributed by atoms with Crippen LogP contribution in [0.4, 0.5) is 0 Å². The standard InChI is InChI=1S/C15H17NO4/c1-10(11-3-5-13(19-2)6-4-11)16-8-14-7-12(9-20-14)15(17)18/h3-7,9-10,16H,8H2,1-2H3,(H,17,18). The molecular weight excluding hydrogens is 258 g/mol. The Morgan fingerprint density at radius 1 is 1.40 bits per heavy atom.